The Morgan fingerprint density at radius 1 is 1.22 bits per heavy atom. The standard InChI is InChI=1S/C13H14F2N2O/c1-2-3-17-8-10(7-16-17)13(18)9-4-11(14)6-12(15)5-9/h4-8,13,18H,2-3H2,1H3. The third kappa shape index (κ3) is 2.73. The number of nitrogens with zero attached hydrogens (tertiary/aromatic N) is 2. The number of hydrogen-bond donors (Lipinski definition) is 1. The molecule has 0 radical (unpaired) electrons. The molecule has 2 rings (SSSR count). The Hall–Kier alpha value is -1.75. The Kier molecular flexibility index (Phi) is 3.72. The minimum absolute atomic E-state index is 0.184. The fourth-order valence-corrected chi connectivity index (χ4v) is 1.80. The van der Waals surface area contributed by atoms with Gasteiger partial charge in [-0.05, 0) is 24.1 Å². The molecular formula is C13H14F2N2O. The van der Waals surface area contributed by atoms with Crippen LogP contribution in [0.3, 0.4) is 0 Å². The molecule has 3 nitrogen and oxygen atoms in total. The van der Waals surface area contributed by atoms with Gasteiger partial charge < -0.3 is 5.11 Å². The average molecular weight is 252 g/mol. The molecule has 1 aromatic heterocycles. The summed E-state index contributed by atoms with van der Waals surface area (Å²) in [6.07, 6.45) is 3.03. The number of benzene rings is 1. The smallest absolute Gasteiger partial charge is 0.126 e. The van der Waals surface area contributed by atoms with Crippen molar-refractivity contribution < 1.29 is 13.9 Å². The fourth-order valence-electron chi connectivity index (χ4n) is 1.80. The molecule has 1 N–H and O–H groups in total. The molecule has 1 atom stereocenters. The maximum absolute atomic E-state index is 13.1. The van der Waals surface area contributed by atoms with Gasteiger partial charge in [-0.2, -0.15) is 5.10 Å². The van der Waals surface area contributed by atoms with Crippen molar-refractivity contribution in [1.29, 1.82) is 0 Å². The lowest BCUT2D eigenvalue weighted by Crippen LogP contribution is -2.00. The quantitative estimate of drug-likeness (QED) is 0.908. The molecule has 1 heterocycles. The van der Waals surface area contributed by atoms with Crippen LogP contribution >= 0.6 is 0 Å². The van der Waals surface area contributed by atoms with Gasteiger partial charge in [0.05, 0.1) is 6.20 Å². The number of hydrogen-bond acceptors (Lipinski definition) is 2. The Morgan fingerprint density at radius 2 is 1.89 bits per heavy atom. The Balaban J connectivity index is 2.26. The summed E-state index contributed by atoms with van der Waals surface area (Å²) in [5.74, 6) is -1.41. The first kappa shape index (κ1) is 12.7. The molecule has 0 bridgehead atoms. The van der Waals surface area contributed by atoms with Gasteiger partial charge in [0, 0.05) is 24.4 Å². The van der Waals surface area contributed by atoms with Gasteiger partial charge in [-0.3, -0.25) is 4.68 Å². The largest absolute Gasteiger partial charge is 0.384 e. The van der Waals surface area contributed by atoms with E-state index >= 15 is 0 Å². The molecular weight excluding hydrogens is 238 g/mol. The summed E-state index contributed by atoms with van der Waals surface area (Å²) in [5.41, 5.74) is 0.706. The molecule has 1 unspecified atom stereocenters. The first-order valence-corrected chi connectivity index (χ1v) is 5.76. The predicted octanol–water partition coefficient (Wildman–Crippen LogP) is 2.65. The van der Waals surface area contributed by atoms with Gasteiger partial charge in [0.1, 0.15) is 17.7 Å². The Morgan fingerprint density at radius 3 is 2.50 bits per heavy atom. The second-order valence-corrected chi connectivity index (χ2v) is 4.14. The summed E-state index contributed by atoms with van der Waals surface area (Å²) in [7, 11) is 0. The normalized spacial score (nSPS) is 12.7. The van der Waals surface area contributed by atoms with Gasteiger partial charge in [-0.15, -0.1) is 0 Å². The van der Waals surface area contributed by atoms with Gasteiger partial charge in [0.15, 0.2) is 0 Å². The van der Waals surface area contributed by atoms with Gasteiger partial charge in [0.2, 0.25) is 0 Å². The predicted molar refractivity (Wildman–Crippen MR) is 62.9 cm³/mol. The van der Waals surface area contributed by atoms with Crippen molar-refractivity contribution in [3.63, 3.8) is 0 Å². The van der Waals surface area contributed by atoms with E-state index in [4.69, 9.17) is 0 Å². The van der Waals surface area contributed by atoms with Crippen molar-refractivity contribution in [3.8, 4) is 0 Å². The second kappa shape index (κ2) is 5.27. The average Bonchev–Trinajstić information content (AvgIpc) is 2.76. The lowest BCUT2D eigenvalue weighted by molar-refractivity contribution is 0.219. The van der Waals surface area contributed by atoms with Crippen molar-refractivity contribution in [3.05, 3.63) is 53.4 Å². The van der Waals surface area contributed by atoms with Crippen LogP contribution in [-0.2, 0) is 6.54 Å². The maximum Gasteiger partial charge on any atom is 0.126 e. The van der Waals surface area contributed by atoms with E-state index in [9.17, 15) is 13.9 Å². The number of aliphatic hydroxyl groups excluding tert-OH is 1. The van der Waals surface area contributed by atoms with Crippen LogP contribution in [0.5, 0.6) is 0 Å². The summed E-state index contributed by atoms with van der Waals surface area (Å²) in [4.78, 5) is 0. The van der Waals surface area contributed by atoms with E-state index < -0.39 is 17.7 Å². The summed E-state index contributed by atoms with van der Waals surface area (Å²) < 4.78 is 27.8. The minimum Gasteiger partial charge on any atom is -0.384 e. The van der Waals surface area contributed by atoms with Crippen LogP contribution in [0.25, 0.3) is 0 Å². The van der Waals surface area contributed by atoms with E-state index in [1.54, 1.807) is 10.9 Å². The highest BCUT2D eigenvalue weighted by Gasteiger charge is 2.14. The zero-order chi connectivity index (χ0) is 13.1. The summed E-state index contributed by atoms with van der Waals surface area (Å²) in [6.45, 7) is 2.75. The molecule has 1 aromatic carbocycles. The summed E-state index contributed by atoms with van der Waals surface area (Å²) >= 11 is 0. The van der Waals surface area contributed by atoms with Crippen LogP contribution in [0.1, 0.15) is 30.6 Å². The topological polar surface area (TPSA) is 38.0 Å². The van der Waals surface area contributed by atoms with Gasteiger partial charge >= 0.3 is 0 Å². The van der Waals surface area contributed by atoms with Crippen LogP contribution < -0.4 is 0 Å². The van der Waals surface area contributed by atoms with Crippen LogP contribution in [-0.4, -0.2) is 14.9 Å². The molecule has 18 heavy (non-hydrogen) atoms. The van der Waals surface area contributed by atoms with Gasteiger partial charge in [-0.25, -0.2) is 8.78 Å². The van der Waals surface area contributed by atoms with Crippen molar-refractivity contribution >= 4 is 0 Å². The van der Waals surface area contributed by atoms with Crippen LogP contribution in [0.15, 0.2) is 30.6 Å². The molecule has 96 valence electrons. The van der Waals surface area contributed by atoms with E-state index in [0.29, 0.717) is 5.56 Å². The molecule has 5 heteroatoms. The molecule has 0 spiro atoms. The highest BCUT2D eigenvalue weighted by molar-refractivity contribution is 5.28. The number of aryl methyl sites for hydroxylation is 1. The lowest BCUT2D eigenvalue weighted by atomic mass is 10.0. The van der Waals surface area contributed by atoms with Gasteiger partial charge in [-0.1, -0.05) is 6.92 Å². The first-order chi connectivity index (χ1) is 8.60. The Labute approximate surface area is 104 Å². The molecule has 0 fully saturated rings. The molecule has 0 saturated carbocycles. The van der Waals surface area contributed by atoms with Crippen LogP contribution in [0.4, 0.5) is 8.78 Å². The highest BCUT2D eigenvalue weighted by atomic mass is 19.1. The summed E-state index contributed by atoms with van der Waals surface area (Å²) in [6, 6.07) is 3.01. The molecule has 0 aliphatic carbocycles. The molecule has 0 saturated heterocycles. The second-order valence-electron chi connectivity index (χ2n) is 4.14. The first-order valence-electron chi connectivity index (χ1n) is 5.76. The molecule has 0 amide bonds. The van der Waals surface area contributed by atoms with Crippen molar-refractivity contribution in [2.75, 3.05) is 0 Å². The third-order valence-electron chi connectivity index (χ3n) is 2.62. The third-order valence-corrected chi connectivity index (χ3v) is 2.62. The zero-order valence-electron chi connectivity index (χ0n) is 9.98. The van der Waals surface area contributed by atoms with Crippen LogP contribution in [0.2, 0.25) is 0 Å². The maximum atomic E-state index is 13.1. The lowest BCUT2D eigenvalue weighted by Gasteiger charge is -2.09. The van der Waals surface area contributed by atoms with E-state index in [0.717, 1.165) is 31.2 Å². The van der Waals surface area contributed by atoms with E-state index in [2.05, 4.69) is 5.10 Å². The SMILES string of the molecule is CCCn1cc(C(O)c2cc(F)cc(F)c2)cn1. The van der Waals surface area contributed by atoms with Crippen molar-refractivity contribution in [1.82, 2.24) is 9.78 Å². The number of rotatable bonds is 4. The van der Waals surface area contributed by atoms with E-state index in [1.807, 2.05) is 6.92 Å². The van der Waals surface area contributed by atoms with E-state index in [1.165, 1.54) is 6.20 Å². The van der Waals surface area contributed by atoms with Gasteiger partial charge in [0.25, 0.3) is 0 Å². The van der Waals surface area contributed by atoms with E-state index in [-0.39, 0.29) is 5.56 Å². The monoisotopic (exact) mass is 252 g/mol. The number of aliphatic hydroxyl groups is 1. The molecule has 0 aliphatic heterocycles. The number of halogens is 2. The molecule has 2 aromatic rings. The minimum atomic E-state index is -1.07. The fraction of sp³-hybridized carbons (Fsp3) is 0.308. The Bertz CT molecular complexity index is 519. The van der Waals surface area contributed by atoms with Crippen molar-refractivity contribution in [2.45, 2.75) is 26.0 Å². The molecule has 0 aliphatic rings. The highest BCUT2D eigenvalue weighted by Crippen LogP contribution is 2.23. The summed E-state index contributed by atoms with van der Waals surface area (Å²) in [5, 5.41) is 14.1. The van der Waals surface area contributed by atoms with Crippen molar-refractivity contribution in [2.24, 2.45) is 0 Å². The zero-order valence-corrected chi connectivity index (χ0v) is 9.98. The van der Waals surface area contributed by atoms with Crippen LogP contribution in [0, 0.1) is 11.6 Å². The number of aromatic nitrogens is 2.